The van der Waals surface area contributed by atoms with Gasteiger partial charge in [0.25, 0.3) is 15.7 Å². The molecule has 3 aromatic carbocycles. The Labute approximate surface area is 185 Å². The number of nitro benzene ring substituents is 1. The van der Waals surface area contributed by atoms with Crippen LogP contribution in [0.2, 0.25) is 5.02 Å². The van der Waals surface area contributed by atoms with Crippen LogP contribution in [0.5, 0.6) is 11.5 Å². The minimum absolute atomic E-state index is 0.0180. The largest absolute Gasteiger partial charge is 0.457 e. The maximum atomic E-state index is 12.8. The second kappa shape index (κ2) is 9.36. The van der Waals surface area contributed by atoms with E-state index < -0.39 is 14.9 Å². The number of ether oxygens (including phenoxy) is 1. The first-order valence-corrected chi connectivity index (χ1v) is 11.3. The molecule has 31 heavy (non-hydrogen) atoms. The minimum atomic E-state index is -3.94. The molecule has 0 bridgehead atoms. The van der Waals surface area contributed by atoms with E-state index in [4.69, 9.17) is 16.3 Å². The Morgan fingerprint density at radius 1 is 1.00 bits per heavy atom. The Bertz CT molecular complexity index is 1180. The first-order valence-electron chi connectivity index (χ1n) is 9.47. The van der Waals surface area contributed by atoms with Crippen LogP contribution in [0.3, 0.4) is 0 Å². The minimum Gasteiger partial charge on any atom is -0.457 e. The van der Waals surface area contributed by atoms with Crippen LogP contribution in [0, 0.1) is 16.0 Å². The lowest BCUT2D eigenvalue weighted by molar-refractivity contribution is -0.384. The number of nitro groups is 1. The molecule has 0 amide bonds. The van der Waals surface area contributed by atoms with Crippen LogP contribution in [0.1, 0.15) is 19.4 Å². The van der Waals surface area contributed by atoms with Crippen LogP contribution in [0.15, 0.2) is 71.6 Å². The van der Waals surface area contributed by atoms with E-state index >= 15 is 0 Å². The predicted octanol–water partition coefficient (Wildman–Crippen LogP) is 6.04. The van der Waals surface area contributed by atoms with E-state index in [0.29, 0.717) is 16.7 Å². The van der Waals surface area contributed by atoms with Crippen LogP contribution < -0.4 is 9.46 Å². The molecule has 0 aliphatic carbocycles. The summed E-state index contributed by atoms with van der Waals surface area (Å²) < 4.78 is 33.6. The van der Waals surface area contributed by atoms with Crippen LogP contribution in [0.25, 0.3) is 0 Å². The number of hydrogen-bond donors (Lipinski definition) is 1. The van der Waals surface area contributed by atoms with Crippen molar-refractivity contribution >= 4 is 33.0 Å². The second-order valence-corrected chi connectivity index (χ2v) is 9.49. The average Bonchev–Trinajstić information content (AvgIpc) is 2.69. The molecule has 3 rings (SSSR count). The Hall–Kier alpha value is -3.10. The van der Waals surface area contributed by atoms with Gasteiger partial charge in [0.1, 0.15) is 11.5 Å². The number of non-ortho nitro benzene ring substituents is 1. The highest BCUT2D eigenvalue weighted by Gasteiger charge is 2.18. The van der Waals surface area contributed by atoms with Gasteiger partial charge >= 0.3 is 0 Å². The Kier molecular flexibility index (Phi) is 6.82. The topological polar surface area (TPSA) is 98.5 Å². The summed E-state index contributed by atoms with van der Waals surface area (Å²) in [7, 11) is -3.94. The van der Waals surface area contributed by atoms with E-state index in [-0.39, 0.29) is 22.0 Å². The molecule has 0 aliphatic rings. The fourth-order valence-electron chi connectivity index (χ4n) is 2.94. The number of hydrogen-bond acceptors (Lipinski definition) is 5. The van der Waals surface area contributed by atoms with Gasteiger partial charge in [0.2, 0.25) is 0 Å². The van der Waals surface area contributed by atoms with Crippen LogP contribution >= 0.6 is 11.6 Å². The summed E-state index contributed by atoms with van der Waals surface area (Å²) in [4.78, 5) is 10.8. The number of benzene rings is 3. The molecule has 0 spiro atoms. The number of halogens is 1. The molecule has 0 aromatic heterocycles. The highest BCUT2D eigenvalue weighted by atomic mass is 35.5. The monoisotopic (exact) mass is 460 g/mol. The molecule has 3 aromatic rings. The number of rotatable bonds is 8. The second-order valence-electron chi connectivity index (χ2n) is 7.38. The molecule has 162 valence electrons. The van der Waals surface area contributed by atoms with Gasteiger partial charge in [-0.2, -0.15) is 0 Å². The van der Waals surface area contributed by atoms with E-state index in [0.717, 1.165) is 18.1 Å². The van der Waals surface area contributed by atoms with E-state index in [1.807, 2.05) is 0 Å². The zero-order valence-electron chi connectivity index (χ0n) is 16.9. The van der Waals surface area contributed by atoms with Gasteiger partial charge in [-0.05, 0) is 54.3 Å². The van der Waals surface area contributed by atoms with Gasteiger partial charge in [-0.25, -0.2) is 8.42 Å². The zero-order valence-corrected chi connectivity index (χ0v) is 18.5. The third kappa shape index (κ3) is 6.19. The Balaban J connectivity index is 1.87. The third-order valence-electron chi connectivity index (χ3n) is 4.28. The standard InChI is InChI=1S/C22H21ClN2O5S/c1-15(2)11-16-3-9-22(10-4-16)31(28,29)24-18-12-19(25(26)27)14-21(13-18)30-20-7-5-17(23)6-8-20/h3-10,12-15,24H,11H2,1-2H3. The van der Waals surface area contributed by atoms with Crippen LogP contribution in [0.4, 0.5) is 11.4 Å². The van der Waals surface area contributed by atoms with E-state index in [9.17, 15) is 18.5 Å². The quantitative estimate of drug-likeness (QED) is 0.326. The molecule has 0 atom stereocenters. The summed E-state index contributed by atoms with van der Waals surface area (Å²) >= 11 is 5.85. The molecule has 0 fully saturated rings. The van der Waals surface area contributed by atoms with E-state index in [1.54, 1.807) is 36.4 Å². The van der Waals surface area contributed by atoms with Crippen molar-refractivity contribution in [3.8, 4) is 11.5 Å². The van der Waals surface area contributed by atoms with Crippen LogP contribution in [-0.2, 0) is 16.4 Å². The van der Waals surface area contributed by atoms with Gasteiger partial charge < -0.3 is 4.74 Å². The lowest BCUT2D eigenvalue weighted by Crippen LogP contribution is -2.13. The molecule has 0 saturated carbocycles. The van der Waals surface area contributed by atoms with Crippen LogP contribution in [-0.4, -0.2) is 13.3 Å². The molecule has 0 heterocycles. The molecule has 0 saturated heterocycles. The van der Waals surface area contributed by atoms with Crippen molar-refractivity contribution in [2.24, 2.45) is 5.92 Å². The van der Waals surface area contributed by atoms with E-state index in [2.05, 4.69) is 18.6 Å². The summed E-state index contributed by atoms with van der Waals surface area (Å²) in [6, 6.07) is 16.7. The van der Waals surface area contributed by atoms with Crippen molar-refractivity contribution in [3.05, 3.63) is 87.4 Å². The maximum absolute atomic E-state index is 12.8. The van der Waals surface area contributed by atoms with Gasteiger partial charge in [-0.1, -0.05) is 37.6 Å². The van der Waals surface area contributed by atoms with Gasteiger partial charge in [-0.15, -0.1) is 0 Å². The fourth-order valence-corrected chi connectivity index (χ4v) is 4.10. The van der Waals surface area contributed by atoms with Gasteiger partial charge in [0.05, 0.1) is 21.6 Å². The molecule has 0 aliphatic heterocycles. The molecule has 0 unspecified atom stereocenters. The number of nitrogens with one attached hydrogen (secondary N) is 1. The SMILES string of the molecule is CC(C)Cc1ccc(S(=O)(=O)Nc2cc(Oc3ccc(Cl)cc3)cc([N+](=O)[O-])c2)cc1. The Morgan fingerprint density at radius 3 is 2.23 bits per heavy atom. The van der Waals surface area contributed by atoms with Gasteiger partial charge in [0.15, 0.2) is 0 Å². The fraction of sp³-hybridized carbons (Fsp3) is 0.182. The molecular weight excluding hydrogens is 440 g/mol. The van der Waals surface area contributed by atoms with Crippen molar-refractivity contribution in [1.82, 2.24) is 0 Å². The van der Waals surface area contributed by atoms with Gasteiger partial charge in [0, 0.05) is 17.2 Å². The summed E-state index contributed by atoms with van der Waals surface area (Å²) in [6.07, 6.45) is 0.837. The third-order valence-corrected chi connectivity index (χ3v) is 5.93. The van der Waals surface area contributed by atoms with Crippen molar-refractivity contribution in [2.45, 2.75) is 25.2 Å². The first kappa shape index (κ1) is 22.6. The highest BCUT2D eigenvalue weighted by molar-refractivity contribution is 7.92. The summed E-state index contributed by atoms with van der Waals surface area (Å²) in [5.41, 5.74) is 0.740. The van der Waals surface area contributed by atoms with Crippen molar-refractivity contribution in [2.75, 3.05) is 4.72 Å². The lowest BCUT2D eigenvalue weighted by atomic mass is 10.0. The maximum Gasteiger partial charge on any atom is 0.275 e. The van der Waals surface area contributed by atoms with E-state index in [1.165, 1.54) is 24.3 Å². The lowest BCUT2D eigenvalue weighted by Gasteiger charge is -2.12. The van der Waals surface area contributed by atoms with Crippen molar-refractivity contribution < 1.29 is 18.1 Å². The number of nitrogens with zero attached hydrogens (tertiary/aromatic N) is 1. The summed E-state index contributed by atoms with van der Waals surface area (Å²) in [5, 5.41) is 11.8. The number of sulfonamides is 1. The predicted molar refractivity (Wildman–Crippen MR) is 120 cm³/mol. The van der Waals surface area contributed by atoms with Crippen molar-refractivity contribution in [3.63, 3.8) is 0 Å². The summed E-state index contributed by atoms with van der Waals surface area (Å²) in [6.45, 7) is 4.16. The smallest absolute Gasteiger partial charge is 0.275 e. The average molecular weight is 461 g/mol. The van der Waals surface area contributed by atoms with Crippen molar-refractivity contribution in [1.29, 1.82) is 0 Å². The zero-order chi connectivity index (χ0) is 22.6. The molecular formula is C22H21ClN2O5S. The Morgan fingerprint density at radius 2 is 1.65 bits per heavy atom. The molecule has 1 N–H and O–H groups in total. The molecule has 9 heteroatoms. The highest BCUT2D eigenvalue weighted by Crippen LogP contribution is 2.31. The molecule has 7 nitrogen and oxygen atoms in total. The number of anilines is 1. The summed E-state index contributed by atoms with van der Waals surface area (Å²) in [5.74, 6) is 0.963. The normalized spacial score (nSPS) is 11.4. The van der Waals surface area contributed by atoms with Gasteiger partial charge in [-0.3, -0.25) is 14.8 Å². The first-order chi connectivity index (χ1) is 14.6. The molecule has 0 radical (unpaired) electrons.